The van der Waals surface area contributed by atoms with Crippen molar-refractivity contribution in [3.05, 3.63) is 0 Å². The third-order valence-electron chi connectivity index (χ3n) is 3.44. The minimum atomic E-state index is 0.871. The molecular weight excluding hydrogens is 200 g/mol. The van der Waals surface area contributed by atoms with E-state index in [-0.39, 0.29) is 0 Å². The number of unbranched alkanes of at least 4 members (excludes halogenated alkanes) is 1. The number of hydrogen-bond acceptors (Lipinski definition) is 3. The normalized spacial score (nSPS) is 21.6. The van der Waals surface area contributed by atoms with Crippen molar-refractivity contribution in [3.63, 3.8) is 0 Å². The van der Waals surface area contributed by atoms with E-state index < -0.39 is 0 Å². The van der Waals surface area contributed by atoms with Gasteiger partial charge < -0.3 is 15.0 Å². The molecule has 3 nitrogen and oxygen atoms in total. The molecule has 1 unspecified atom stereocenters. The van der Waals surface area contributed by atoms with Gasteiger partial charge in [0.05, 0.1) is 0 Å². The molecule has 0 aromatic carbocycles. The van der Waals surface area contributed by atoms with Crippen LogP contribution in [-0.2, 0) is 4.74 Å². The lowest BCUT2D eigenvalue weighted by Crippen LogP contribution is -2.38. The Morgan fingerprint density at radius 1 is 1.38 bits per heavy atom. The molecule has 1 aliphatic heterocycles. The summed E-state index contributed by atoms with van der Waals surface area (Å²) >= 11 is 0. The Hall–Kier alpha value is -0.120. The largest absolute Gasteiger partial charge is 0.385 e. The maximum Gasteiger partial charge on any atom is 0.0462 e. The molecule has 1 atom stereocenters. The quantitative estimate of drug-likeness (QED) is 0.640. The van der Waals surface area contributed by atoms with Crippen LogP contribution in [0.4, 0.5) is 0 Å². The molecule has 16 heavy (non-hydrogen) atoms. The highest BCUT2D eigenvalue weighted by molar-refractivity contribution is 4.72. The first kappa shape index (κ1) is 13.9. The summed E-state index contributed by atoms with van der Waals surface area (Å²) in [6, 6.07) is 0. The highest BCUT2D eigenvalue weighted by Crippen LogP contribution is 2.12. The van der Waals surface area contributed by atoms with Crippen molar-refractivity contribution in [1.82, 2.24) is 10.2 Å². The van der Waals surface area contributed by atoms with Gasteiger partial charge in [0, 0.05) is 20.3 Å². The summed E-state index contributed by atoms with van der Waals surface area (Å²) in [5.74, 6) is 0.871. The van der Waals surface area contributed by atoms with E-state index in [1.807, 2.05) is 0 Å². The molecule has 0 amide bonds. The van der Waals surface area contributed by atoms with E-state index in [0.29, 0.717) is 0 Å². The molecule has 1 N–H and O–H groups in total. The minimum Gasteiger partial charge on any atom is -0.385 e. The molecule has 96 valence electrons. The van der Waals surface area contributed by atoms with Gasteiger partial charge in [-0.25, -0.2) is 0 Å². The van der Waals surface area contributed by atoms with Gasteiger partial charge in [-0.05, 0) is 57.8 Å². The zero-order valence-corrected chi connectivity index (χ0v) is 11.0. The van der Waals surface area contributed by atoms with Crippen LogP contribution in [0.3, 0.4) is 0 Å². The van der Waals surface area contributed by atoms with Gasteiger partial charge in [-0.15, -0.1) is 0 Å². The average Bonchev–Trinajstić information content (AvgIpc) is 2.34. The molecule has 1 saturated heterocycles. The standard InChI is InChI=1S/C13H28N2O/c1-3-15(9-4-5-10-16-2)12-13-7-6-8-14-11-13/h13-14H,3-12H2,1-2H3. The van der Waals surface area contributed by atoms with Crippen molar-refractivity contribution in [3.8, 4) is 0 Å². The number of piperidine rings is 1. The fourth-order valence-electron chi connectivity index (χ4n) is 2.41. The summed E-state index contributed by atoms with van der Waals surface area (Å²) in [5.41, 5.74) is 0. The SMILES string of the molecule is CCN(CCCCOC)CC1CCCNC1. The predicted octanol–water partition coefficient (Wildman–Crippen LogP) is 1.73. The van der Waals surface area contributed by atoms with E-state index >= 15 is 0 Å². The van der Waals surface area contributed by atoms with Crippen molar-refractivity contribution in [2.75, 3.05) is 46.4 Å². The molecule has 1 aliphatic rings. The van der Waals surface area contributed by atoms with Crippen molar-refractivity contribution in [1.29, 1.82) is 0 Å². The molecule has 1 heterocycles. The lowest BCUT2D eigenvalue weighted by molar-refractivity contribution is 0.176. The molecular formula is C13H28N2O. The second kappa shape index (κ2) is 8.97. The topological polar surface area (TPSA) is 24.5 Å². The second-order valence-corrected chi connectivity index (χ2v) is 4.81. The summed E-state index contributed by atoms with van der Waals surface area (Å²) in [4.78, 5) is 2.59. The second-order valence-electron chi connectivity index (χ2n) is 4.81. The van der Waals surface area contributed by atoms with E-state index in [2.05, 4.69) is 17.1 Å². The van der Waals surface area contributed by atoms with E-state index in [1.54, 1.807) is 7.11 Å². The Kier molecular flexibility index (Phi) is 7.81. The maximum absolute atomic E-state index is 5.08. The third-order valence-corrected chi connectivity index (χ3v) is 3.44. The maximum atomic E-state index is 5.08. The van der Waals surface area contributed by atoms with E-state index in [4.69, 9.17) is 4.74 Å². The zero-order chi connectivity index (χ0) is 11.6. The Morgan fingerprint density at radius 2 is 2.25 bits per heavy atom. The molecule has 0 aromatic heterocycles. The zero-order valence-electron chi connectivity index (χ0n) is 11.0. The number of nitrogens with zero attached hydrogens (tertiary/aromatic N) is 1. The van der Waals surface area contributed by atoms with Crippen LogP contribution in [-0.4, -0.2) is 51.3 Å². The molecule has 3 heteroatoms. The molecule has 0 bridgehead atoms. The van der Waals surface area contributed by atoms with Gasteiger partial charge in [-0.1, -0.05) is 6.92 Å². The van der Waals surface area contributed by atoms with Crippen LogP contribution in [0, 0.1) is 5.92 Å². The van der Waals surface area contributed by atoms with Gasteiger partial charge in [0.25, 0.3) is 0 Å². The third kappa shape index (κ3) is 5.83. The van der Waals surface area contributed by atoms with Crippen LogP contribution in [0.2, 0.25) is 0 Å². The van der Waals surface area contributed by atoms with Gasteiger partial charge in [0.1, 0.15) is 0 Å². The van der Waals surface area contributed by atoms with E-state index in [1.165, 1.54) is 58.4 Å². The minimum absolute atomic E-state index is 0.871. The van der Waals surface area contributed by atoms with Crippen LogP contribution in [0.5, 0.6) is 0 Å². The highest BCUT2D eigenvalue weighted by atomic mass is 16.5. The number of nitrogens with one attached hydrogen (secondary N) is 1. The van der Waals surface area contributed by atoms with Crippen molar-refractivity contribution >= 4 is 0 Å². The molecule has 1 fully saturated rings. The molecule has 1 rings (SSSR count). The molecule has 0 saturated carbocycles. The molecule has 0 aromatic rings. The Balaban J connectivity index is 2.09. The van der Waals surface area contributed by atoms with E-state index in [0.717, 1.165) is 12.5 Å². The number of ether oxygens (including phenoxy) is 1. The first-order chi connectivity index (χ1) is 7.86. The number of methoxy groups -OCH3 is 1. The van der Waals surface area contributed by atoms with Gasteiger partial charge in [-0.2, -0.15) is 0 Å². The van der Waals surface area contributed by atoms with Crippen LogP contribution in [0.25, 0.3) is 0 Å². The van der Waals surface area contributed by atoms with Crippen LogP contribution in [0.15, 0.2) is 0 Å². The lowest BCUT2D eigenvalue weighted by Gasteiger charge is -2.29. The summed E-state index contributed by atoms with van der Waals surface area (Å²) in [5, 5.41) is 3.49. The number of hydrogen-bond donors (Lipinski definition) is 1. The fourth-order valence-corrected chi connectivity index (χ4v) is 2.41. The van der Waals surface area contributed by atoms with Gasteiger partial charge in [-0.3, -0.25) is 0 Å². The van der Waals surface area contributed by atoms with Gasteiger partial charge in [0.15, 0.2) is 0 Å². The summed E-state index contributed by atoms with van der Waals surface area (Å²) < 4.78 is 5.08. The van der Waals surface area contributed by atoms with Crippen LogP contribution < -0.4 is 5.32 Å². The van der Waals surface area contributed by atoms with Crippen molar-refractivity contribution in [2.24, 2.45) is 5.92 Å². The predicted molar refractivity (Wildman–Crippen MR) is 68.8 cm³/mol. The Labute approximate surface area is 101 Å². The lowest BCUT2D eigenvalue weighted by atomic mass is 9.99. The first-order valence-electron chi connectivity index (χ1n) is 6.78. The molecule has 0 spiro atoms. The van der Waals surface area contributed by atoms with Crippen molar-refractivity contribution < 1.29 is 4.74 Å². The van der Waals surface area contributed by atoms with Crippen LogP contribution >= 0.6 is 0 Å². The number of rotatable bonds is 8. The highest BCUT2D eigenvalue weighted by Gasteiger charge is 2.15. The molecule has 0 aliphatic carbocycles. The summed E-state index contributed by atoms with van der Waals surface area (Å²) in [6.07, 6.45) is 5.21. The Bertz CT molecular complexity index is 158. The summed E-state index contributed by atoms with van der Waals surface area (Å²) in [7, 11) is 1.78. The Morgan fingerprint density at radius 3 is 2.88 bits per heavy atom. The molecule has 0 radical (unpaired) electrons. The van der Waals surface area contributed by atoms with Crippen molar-refractivity contribution in [2.45, 2.75) is 32.6 Å². The van der Waals surface area contributed by atoms with Gasteiger partial charge in [0.2, 0.25) is 0 Å². The smallest absolute Gasteiger partial charge is 0.0462 e. The average molecular weight is 228 g/mol. The summed E-state index contributed by atoms with van der Waals surface area (Å²) in [6.45, 7) is 9.30. The van der Waals surface area contributed by atoms with Gasteiger partial charge >= 0.3 is 0 Å². The van der Waals surface area contributed by atoms with Crippen LogP contribution in [0.1, 0.15) is 32.6 Å². The first-order valence-corrected chi connectivity index (χ1v) is 6.78. The monoisotopic (exact) mass is 228 g/mol. The van der Waals surface area contributed by atoms with E-state index in [9.17, 15) is 0 Å². The fraction of sp³-hybridized carbons (Fsp3) is 1.00.